The smallest absolute Gasteiger partial charge is 0.174 e. The summed E-state index contributed by atoms with van der Waals surface area (Å²) in [4.78, 5) is 0. The third-order valence-corrected chi connectivity index (χ3v) is 5.80. The Morgan fingerprint density at radius 2 is 1.68 bits per heavy atom. The van der Waals surface area contributed by atoms with Gasteiger partial charge in [0.05, 0.1) is 18.7 Å². The van der Waals surface area contributed by atoms with Gasteiger partial charge in [0.1, 0.15) is 6.10 Å². The minimum absolute atomic E-state index is 0.188. The van der Waals surface area contributed by atoms with Gasteiger partial charge in [0.2, 0.25) is 0 Å². The van der Waals surface area contributed by atoms with Crippen LogP contribution in [0.3, 0.4) is 0 Å². The van der Waals surface area contributed by atoms with Crippen molar-refractivity contribution >= 4 is 37.5 Å². The Hall–Kier alpha value is -2.02. The highest BCUT2D eigenvalue weighted by Crippen LogP contribution is 2.45. The standard InChI is InChI=1S/C22H19Br2NO3/c1-26-19-11-14(10-17(24)21(19)27-2)22-25-18-9-8-15(23)12-16(18)20(28-22)13-6-4-3-5-7-13/h3-12,20,22,25H,1-2H3/t20-,22+/m0/s1. The zero-order valence-electron chi connectivity index (χ0n) is 15.4. The van der Waals surface area contributed by atoms with Gasteiger partial charge >= 0.3 is 0 Å². The largest absolute Gasteiger partial charge is 0.493 e. The summed E-state index contributed by atoms with van der Waals surface area (Å²) in [6.07, 6.45) is -0.526. The van der Waals surface area contributed by atoms with E-state index in [1.807, 2.05) is 36.4 Å². The number of anilines is 1. The summed E-state index contributed by atoms with van der Waals surface area (Å²) in [5.74, 6) is 1.31. The lowest BCUT2D eigenvalue weighted by atomic mass is 9.97. The Kier molecular flexibility index (Phi) is 5.62. The van der Waals surface area contributed by atoms with E-state index in [4.69, 9.17) is 14.2 Å². The molecule has 4 rings (SSSR count). The number of ether oxygens (including phenoxy) is 3. The fourth-order valence-corrected chi connectivity index (χ4v) is 4.40. The summed E-state index contributed by atoms with van der Waals surface area (Å²) in [7, 11) is 3.25. The van der Waals surface area contributed by atoms with Gasteiger partial charge in [0, 0.05) is 21.3 Å². The molecule has 0 aliphatic carbocycles. The molecule has 1 N–H and O–H groups in total. The molecule has 28 heavy (non-hydrogen) atoms. The second-order valence-electron chi connectivity index (χ2n) is 6.42. The lowest BCUT2D eigenvalue weighted by molar-refractivity contribution is 0.0155. The van der Waals surface area contributed by atoms with Crippen LogP contribution in [0.5, 0.6) is 11.5 Å². The van der Waals surface area contributed by atoms with Crippen molar-refractivity contribution in [2.75, 3.05) is 19.5 Å². The van der Waals surface area contributed by atoms with Crippen molar-refractivity contribution in [2.24, 2.45) is 0 Å². The highest BCUT2D eigenvalue weighted by molar-refractivity contribution is 9.10. The second-order valence-corrected chi connectivity index (χ2v) is 8.19. The fourth-order valence-electron chi connectivity index (χ4n) is 3.40. The second kappa shape index (κ2) is 8.15. The van der Waals surface area contributed by atoms with Crippen molar-refractivity contribution in [2.45, 2.75) is 12.3 Å². The quantitative estimate of drug-likeness (QED) is 0.442. The van der Waals surface area contributed by atoms with E-state index in [0.29, 0.717) is 11.5 Å². The van der Waals surface area contributed by atoms with Crippen molar-refractivity contribution in [1.82, 2.24) is 0 Å². The first-order valence-corrected chi connectivity index (χ1v) is 10.4. The summed E-state index contributed by atoms with van der Waals surface area (Å²) in [6, 6.07) is 20.4. The van der Waals surface area contributed by atoms with Crippen molar-refractivity contribution in [1.29, 1.82) is 0 Å². The van der Waals surface area contributed by atoms with Gasteiger partial charge in [-0.2, -0.15) is 0 Å². The normalized spacial score (nSPS) is 18.1. The highest BCUT2D eigenvalue weighted by atomic mass is 79.9. The summed E-state index contributed by atoms with van der Waals surface area (Å²) in [5.41, 5.74) is 4.18. The molecule has 1 heterocycles. The number of fused-ring (bicyclic) bond motifs is 1. The van der Waals surface area contributed by atoms with Crippen LogP contribution in [-0.4, -0.2) is 14.2 Å². The van der Waals surface area contributed by atoms with E-state index in [1.165, 1.54) is 0 Å². The zero-order chi connectivity index (χ0) is 19.7. The van der Waals surface area contributed by atoms with Crippen LogP contribution >= 0.6 is 31.9 Å². The van der Waals surface area contributed by atoms with Gasteiger partial charge < -0.3 is 19.5 Å². The molecule has 3 aromatic carbocycles. The third-order valence-electron chi connectivity index (χ3n) is 4.72. The molecule has 0 saturated heterocycles. The predicted molar refractivity (Wildman–Crippen MR) is 117 cm³/mol. The van der Waals surface area contributed by atoms with E-state index >= 15 is 0 Å². The maximum Gasteiger partial charge on any atom is 0.174 e. The molecule has 1 aliphatic rings. The topological polar surface area (TPSA) is 39.7 Å². The molecule has 4 nitrogen and oxygen atoms in total. The molecular formula is C22H19Br2NO3. The number of rotatable bonds is 4. The molecule has 0 fully saturated rings. The molecular weight excluding hydrogens is 486 g/mol. The zero-order valence-corrected chi connectivity index (χ0v) is 18.6. The first kappa shape index (κ1) is 19.3. The first-order chi connectivity index (χ1) is 13.6. The van der Waals surface area contributed by atoms with Gasteiger partial charge in [0.25, 0.3) is 0 Å². The number of halogens is 2. The average molecular weight is 505 g/mol. The van der Waals surface area contributed by atoms with Crippen molar-refractivity contribution in [3.63, 3.8) is 0 Å². The van der Waals surface area contributed by atoms with Crippen molar-refractivity contribution in [3.05, 3.63) is 86.3 Å². The molecule has 144 valence electrons. The molecule has 0 radical (unpaired) electrons. The van der Waals surface area contributed by atoms with Gasteiger partial charge in [-0.3, -0.25) is 0 Å². The number of methoxy groups -OCH3 is 2. The van der Waals surface area contributed by atoms with Gasteiger partial charge in [-0.15, -0.1) is 0 Å². The molecule has 0 unspecified atom stereocenters. The molecule has 3 aromatic rings. The van der Waals surface area contributed by atoms with Gasteiger partial charge in [-0.05, 0) is 51.8 Å². The maximum absolute atomic E-state index is 6.52. The molecule has 6 heteroatoms. The Morgan fingerprint density at radius 1 is 0.893 bits per heavy atom. The number of hydrogen-bond acceptors (Lipinski definition) is 4. The SMILES string of the molecule is COc1cc([C@@H]2Nc3ccc(Br)cc3[C@H](c3ccccc3)O2)cc(Br)c1OC. The van der Waals surface area contributed by atoms with Crippen LogP contribution in [0.1, 0.15) is 29.0 Å². The van der Waals surface area contributed by atoms with Crippen LogP contribution in [0.25, 0.3) is 0 Å². The predicted octanol–water partition coefficient (Wildman–Crippen LogP) is 6.46. The van der Waals surface area contributed by atoms with E-state index in [9.17, 15) is 0 Å². The number of hydrogen-bond donors (Lipinski definition) is 1. The van der Waals surface area contributed by atoms with Gasteiger partial charge in [0.15, 0.2) is 17.7 Å². The maximum atomic E-state index is 6.52. The first-order valence-electron chi connectivity index (χ1n) is 8.78. The van der Waals surface area contributed by atoms with Crippen LogP contribution < -0.4 is 14.8 Å². The third kappa shape index (κ3) is 3.64. The molecule has 0 saturated carbocycles. The Bertz CT molecular complexity index is 995. The van der Waals surface area contributed by atoms with E-state index in [2.05, 4.69) is 61.4 Å². The van der Waals surface area contributed by atoms with E-state index in [1.54, 1.807) is 14.2 Å². The van der Waals surface area contributed by atoms with Gasteiger partial charge in [-0.25, -0.2) is 0 Å². The molecule has 2 atom stereocenters. The summed E-state index contributed by atoms with van der Waals surface area (Å²) in [6.45, 7) is 0. The Labute approximate surface area is 181 Å². The minimum atomic E-state index is -0.338. The van der Waals surface area contributed by atoms with Crippen LogP contribution in [0, 0.1) is 0 Å². The van der Waals surface area contributed by atoms with Crippen LogP contribution in [0.4, 0.5) is 5.69 Å². The number of benzene rings is 3. The van der Waals surface area contributed by atoms with Crippen molar-refractivity contribution in [3.8, 4) is 11.5 Å². The lowest BCUT2D eigenvalue weighted by Crippen LogP contribution is -2.25. The number of nitrogens with one attached hydrogen (secondary N) is 1. The van der Waals surface area contributed by atoms with E-state index in [0.717, 1.165) is 31.3 Å². The van der Waals surface area contributed by atoms with E-state index < -0.39 is 0 Å². The van der Waals surface area contributed by atoms with Crippen molar-refractivity contribution < 1.29 is 14.2 Å². The molecule has 0 aromatic heterocycles. The van der Waals surface area contributed by atoms with Crippen LogP contribution in [-0.2, 0) is 4.74 Å². The van der Waals surface area contributed by atoms with Gasteiger partial charge in [-0.1, -0.05) is 46.3 Å². The Balaban J connectivity index is 1.79. The monoisotopic (exact) mass is 503 g/mol. The van der Waals surface area contributed by atoms with E-state index in [-0.39, 0.29) is 12.3 Å². The summed E-state index contributed by atoms with van der Waals surface area (Å²) in [5, 5.41) is 3.50. The minimum Gasteiger partial charge on any atom is -0.493 e. The Morgan fingerprint density at radius 3 is 2.39 bits per heavy atom. The molecule has 0 bridgehead atoms. The highest BCUT2D eigenvalue weighted by Gasteiger charge is 2.30. The summed E-state index contributed by atoms with van der Waals surface area (Å²) >= 11 is 7.15. The lowest BCUT2D eigenvalue weighted by Gasteiger charge is -2.34. The molecule has 1 aliphatic heterocycles. The average Bonchev–Trinajstić information content (AvgIpc) is 2.73. The van der Waals surface area contributed by atoms with Crippen LogP contribution in [0.2, 0.25) is 0 Å². The summed E-state index contributed by atoms with van der Waals surface area (Å²) < 4.78 is 19.3. The molecule has 0 spiro atoms. The molecule has 0 amide bonds. The fraction of sp³-hybridized carbons (Fsp3) is 0.182. The van der Waals surface area contributed by atoms with Crippen LogP contribution in [0.15, 0.2) is 69.6 Å².